The predicted molar refractivity (Wildman–Crippen MR) is 280 cm³/mol. The van der Waals surface area contributed by atoms with E-state index >= 15 is 0 Å². The topological polar surface area (TPSA) is 8.17 Å². The maximum atomic E-state index is 2.45. The van der Waals surface area contributed by atoms with Gasteiger partial charge in [0.2, 0.25) is 0 Å². The number of hydrogen-bond acceptors (Lipinski definition) is 1. The summed E-state index contributed by atoms with van der Waals surface area (Å²) in [6.07, 6.45) is 0. The van der Waals surface area contributed by atoms with Gasteiger partial charge in [-0.2, -0.15) is 0 Å². The average Bonchev–Trinajstić information content (AvgIpc) is 3.75. The SMILES string of the molecule is c1ccc(-c2ccccc2-c2ccc(N(c3ccc(-c4ccccc4-c4ccccc4)cc3)c3cccc(-c4cc5ccccc5c5c4c4ccccc4n5-c4ccccc4)c3)cc2)cc1. The molecule has 0 spiro atoms. The standard InChI is InChI=1S/C64H44N2/c1-4-19-45(20-5-1)55-28-12-14-30-57(55)47-35-39-52(40-36-47)65(53-41-37-48(38-42-53)58-31-15-13-29-56(58)46-21-6-2-7-22-46)54-27-18-24-49(43-54)61-44-50-23-10-11-32-59(50)64-63(61)60-33-16-17-34-62(60)66(64)51-25-8-3-9-26-51/h1-44H. The maximum absolute atomic E-state index is 2.45. The molecule has 11 aromatic carbocycles. The Kier molecular flexibility index (Phi) is 9.89. The Bertz CT molecular complexity index is 3540. The normalized spacial score (nSPS) is 11.3. The van der Waals surface area contributed by atoms with Crippen LogP contribution in [0, 0.1) is 0 Å². The smallest absolute Gasteiger partial charge is 0.0625 e. The number of aromatic nitrogens is 1. The first-order valence-corrected chi connectivity index (χ1v) is 22.7. The summed E-state index contributed by atoms with van der Waals surface area (Å²) < 4.78 is 2.45. The summed E-state index contributed by atoms with van der Waals surface area (Å²) in [4.78, 5) is 2.40. The largest absolute Gasteiger partial charge is 0.310 e. The van der Waals surface area contributed by atoms with Crippen molar-refractivity contribution in [3.8, 4) is 61.3 Å². The lowest BCUT2D eigenvalue weighted by Gasteiger charge is -2.27. The quantitative estimate of drug-likeness (QED) is 0.141. The molecule has 2 nitrogen and oxygen atoms in total. The van der Waals surface area contributed by atoms with Crippen molar-refractivity contribution in [3.05, 3.63) is 267 Å². The third-order valence-electron chi connectivity index (χ3n) is 13.0. The van der Waals surface area contributed by atoms with Gasteiger partial charge in [0.1, 0.15) is 0 Å². The van der Waals surface area contributed by atoms with Crippen LogP contribution in [0.25, 0.3) is 93.9 Å². The van der Waals surface area contributed by atoms with E-state index in [9.17, 15) is 0 Å². The van der Waals surface area contributed by atoms with Crippen LogP contribution in [0.5, 0.6) is 0 Å². The van der Waals surface area contributed by atoms with Gasteiger partial charge in [0.05, 0.1) is 11.0 Å². The molecule has 0 aliphatic carbocycles. The Balaban J connectivity index is 1.03. The molecular formula is C64H44N2. The van der Waals surface area contributed by atoms with Crippen molar-refractivity contribution in [2.75, 3.05) is 4.90 Å². The van der Waals surface area contributed by atoms with Gasteiger partial charge in [0.15, 0.2) is 0 Å². The van der Waals surface area contributed by atoms with Crippen LogP contribution in [0.15, 0.2) is 267 Å². The number of nitrogens with zero attached hydrogens (tertiary/aromatic N) is 2. The van der Waals surface area contributed by atoms with Gasteiger partial charge in [-0.25, -0.2) is 0 Å². The number of anilines is 3. The molecule has 66 heavy (non-hydrogen) atoms. The minimum absolute atomic E-state index is 1.08. The minimum atomic E-state index is 1.08. The van der Waals surface area contributed by atoms with Gasteiger partial charge in [-0.3, -0.25) is 0 Å². The van der Waals surface area contributed by atoms with E-state index in [2.05, 4.69) is 276 Å². The molecule has 0 bridgehead atoms. The van der Waals surface area contributed by atoms with E-state index in [0.717, 1.165) is 28.3 Å². The second kappa shape index (κ2) is 16.8. The van der Waals surface area contributed by atoms with Gasteiger partial charge in [-0.05, 0) is 122 Å². The highest BCUT2D eigenvalue weighted by atomic mass is 15.1. The summed E-state index contributed by atoms with van der Waals surface area (Å²) in [5.74, 6) is 0. The first-order chi connectivity index (χ1) is 32.8. The molecule has 0 saturated heterocycles. The molecule has 2 heteroatoms. The average molecular weight is 841 g/mol. The molecule has 0 saturated carbocycles. The van der Waals surface area contributed by atoms with Crippen LogP contribution in [0.1, 0.15) is 0 Å². The van der Waals surface area contributed by atoms with Gasteiger partial charge in [-0.15, -0.1) is 0 Å². The molecule has 0 radical (unpaired) electrons. The predicted octanol–water partition coefficient (Wildman–Crippen LogP) is 17.7. The summed E-state index contributed by atoms with van der Waals surface area (Å²) in [6, 6.07) is 96.8. The molecule has 310 valence electrons. The second-order valence-electron chi connectivity index (χ2n) is 16.9. The van der Waals surface area contributed by atoms with Crippen LogP contribution in [0.4, 0.5) is 17.1 Å². The molecule has 1 heterocycles. The van der Waals surface area contributed by atoms with Crippen LogP contribution in [0.3, 0.4) is 0 Å². The molecule has 1 aromatic heterocycles. The van der Waals surface area contributed by atoms with Gasteiger partial charge in [-0.1, -0.05) is 206 Å². The number of hydrogen-bond donors (Lipinski definition) is 0. The second-order valence-corrected chi connectivity index (χ2v) is 16.9. The molecule has 0 aliphatic heterocycles. The van der Waals surface area contributed by atoms with Gasteiger partial charge < -0.3 is 9.47 Å². The van der Waals surface area contributed by atoms with Gasteiger partial charge in [0.25, 0.3) is 0 Å². The van der Waals surface area contributed by atoms with Crippen LogP contribution in [-0.4, -0.2) is 4.57 Å². The molecule has 0 amide bonds. The zero-order chi connectivity index (χ0) is 43.8. The number of fused-ring (bicyclic) bond motifs is 5. The molecule has 0 N–H and O–H groups in total. The summed E-state index contributed by atoms with van der Waals surface area (Å²) in [5.41, 5.74) is 18.8. The highest BCUT2D eigenvalue weighted by Gasteiger charge is 2.21. The lowest BCUT2D eigenvalue weighted by atomic mass is 9.93. The first-order valence-electron chi connectivity index (χ1n) is 22.7. The molecule has 12 aromatic rings. The molecule has 12 rings (SSSR count). The number of para-hydroxylation sites is 2. The monoisotopic (exact) mass is 840 g/mol. The van der Waals surface area contributed by atoms with Crippen molar-refractivity contribution in [1.29, 1.82) is 0 Å². The third kappa shape index (κ3) is 6.93. The van der Waals surface area contributed by atoms with Crippen LogP contribution in [-0.2, 0) is 0 Å². The Morgan fingerprint density at radius 1 is 0.273 bits per heavy atom. The zero-order valence-corrected chi connectivity index (χ0v) is 36.3. The Labute approximate surface area is 385 Å². The fourth-order valence-corrected chi connectivity index (χ4v) is 9.96. The van der Waals surface area contributed by atoms with E-state index in [1.54, 1.807) is 0 Å². The minimum Gasteiger partial charge on any atom is -0.310 e. The molecule has 0 aliphatic rings. The maximum Gasteiger partial charge on any atom is 0.0625 e. The third-order valence-corrected chi connectivity index (χ3v) is 13.0. The van der Waals surface area contributed by atoms with E-state index in [1.807, 2.05) is 0 Å². The van der Waals surface area contributed by atoms with E-state index in [1.165, 1.54) is 82.6 Å². The first kappa shape index (κ1) is 38.9. The van der Waals surface area contributed by atoms with Gasteiger partial charge in [0, 0.05) is 38.9 Å². The number of benzene rings is 11. The highest BCUT2D eigenvalue weighted by Crippen LogP contribution is 2.45. The van der Waals surface area contributed by atoms with Crippen LogP contribution in [0.2, 0.25) is 0 Å². The van der Waals surface area contributed by atoms with Gasteiger partial charge >= 0.3 is 0 Å². The Morgan fingerprint density at radius 2 is 0.712 bits per heavy atom. The Morgan fingerprint density at radius 3 is 1.27 bits per heavy atom. The lowest BCUT2D eigenvalue weighted by Crippen LogP contribution is -2.10. The van der Waals surface area contributed by atoms with Crippen LogP contribution < -0.4 is 4.90 Å². The Hall–Kier alpha value is -8.72. The van der Waals surface area contributed by atoms with Crippen molar-refractivity contribution in [2.45, 2.75) is 0 Å². The highest BCUT2D eigenvalue weighted by molar-refractivity contribution is 6.24. The fraction of sp³-hybridized carbons (Fsp3) is 0. The zero-order valence-electron chi connectivity index (χ0n) is 36.3. The molecule has 0 unspecified atom stereocenters. The van der Waals surface area contributed by atoms with E-state index in [-0.39, 0.29) is 0 Å². The van der Waals surface area contributed by atoms with E-state index < -0.39 is 0 Å². The molecule has 0 fully saturated rings. The summed E-state index contributed by atoms with van der Waals surface area (Å²) in [6.45, 7) is 0. The fourth-order valence-electron chi connectivity index (χ4n) is 9.96. The summed E-state index contributed by atoms with van der Waals surface area (Å²) in [5, 5.41) is 4.92. The van der Waals surface area contributed by atoms with Crippen molar-refractivity contribution in [1.82, 2.24) is 4.57 Å². The lowest BCUT2D eigenvalue weighted by molar-refractivity contribution is 1.19. The molecule has 0 atom stereocenters. The van der Waals surface area contributed by atoms with Crippen molar-refractivity contribution in [2.24, 2.45) is 0 Å². The van der Waals surface area contributed by atoms with E-state index in [4.69, 9.17) is 0 Å². The molecular weight excluding hydrogens is 797 g/mol. The van der Waals surface area contributed by atoms with E-state index in [0.29, 0.717) is 0 Å². The van der Waals surface area contributed by atoms with Crippen LogP contribution >= 0.6 is 0 Å². The van der Waals surface area contributed by atoms with Crippen molar-refractivity contribution < 1.29 is 0 Å². The number of rotatable bonds is 9. The van der Waals surface area contributed by atoms with Crippen molar-refractivity contribution >= 4 is 49.6 Å². The summed E-state index contributed by atoms with van der Waals surface area (Å²) >= 11 is 0. The van der Waals surface area contributed by atoms with Crippen molar-refractivity contribution in [3.63, 3.8) is 0 Å². The summed E-state index contributed by atoms with van der Waals surface area (Å²) in [7, 11) is 0.